The van der Waals surface area contributed by atoms with Gasteiger partial charge in [-0.3, -0.25) is 9.52 Å². The molecule has 1 aromatic heterocycles. The molecule has 0 aliphatic heterocycles. The summed E-state index contributed by atoms with van der Waals surface area (Å²) in [5.41, 5.74) is 0.839. The lowest BCUT2D eigenvalue weighted by Crippen LogP contribution is -2.32. The van der Waals surface area contributed by atoms with Crippen LogP contribution < -0.4 is 4.72 Å². The highest BCUT2D eigenvalue weighted by atomic mass is 127. The number of halogens is 4. The van der Waals surface area contributed by atoms with E-state index in [1.165, 1.54) is 17.7 Å². The maximum Gasteiger partial charge on any atom is 0.417 e. The van der Waals surface area contributed by atoms with Crippen molar-refractivity contribution < 1.29 is 31.5 Å². The van der Waals surface area contributed by atoms with E-state index in [0.717, 1.165) is 31.7 Å². The summed E-state index contributed by atoms with van der Waals surface area (Å²) in [5, 5.41) is 10.6. The molecule has 0 fully saturated rings. The Hall–Kier alpha value is -2.93. The topological polar surface area (TPSA) is 96.4 Å². The van der Waals surface area contributed by atoms with Crippen molar-refractivity contribution in [3.8, 4) is 0 Å². The van der Waals surface area contributed by atoms with E-state index in [1.807, 2.05) is 18.2 Å². The number of aliphatic hydroxyl groups is 1. The van der Waals surface area contributed by atoms with Crippen molar-refractivity contribution in [2.24, 2.45) is 5.41 Å². The molecule has 218 valence electrons. The number of aliphatic hydroxyl groups excluding tert-OH is 1. The lowest BCUT2D eigenvalue weighted by Gasteiger charge is -2.38. The predicted octanol–water partition coefficient (Wildman–Crippen LogP) is 7.97. The molecule has 3 aromatic rings. The van der Waals surface area contributed by atoms with Gasteiger partial charge in [0.05, 0.1) is 9.49 Å². The van der Waals surface area contributed by atoms with Gasteiger partial charge in [-0.05, 0) is 60.1 Å². The molecule has 0 radical (unpaired) electrons. The molecule has 1 heterocycles. The minimum atomic E-state index is -4.64. The monoisotopic (exact) mass is 698 g/mol. The molecule has 6 nitrogen and oxygen atoms in total. The Morgan fingerprint density at radius 1 is 1.05 bits per heavy atom. The molecule has 0 saturated carbocycles. The summed E-state index contributed by atoms with van der Waals surface area (Å²) in [6, 6.07) is 17.8. The fourth-order valence-corrected chi connectivity index (χ4v) is 7.38. The summed E-state index contributed by atoms with van der Waals surface area (Å²) < 4.78 is 65.9. The summed E-state index contributed by atoms with van der Waals surface area (Å²) in [6.45, 7) is 2.07. The van der Waals surface area contributed by atoms with Crippen molar-refractivity contribution in [1.29, 1.82) is 0 Å². The Morgan fingerprint density at radius 3 is 2.39 bits per heavy atom. The van der Waals surface area contributed by atoms with E-state index in [4.69, 9.17) is 0 Å². The first-order valence-electron chi connectivity index (χ1n) is 13.1. The molecule has 0 spiro atoms. The molecule has 4 rings (SSSR count). The van der Waals surface area contributed by atoms with E-state index in [0.29, 0.717) is 36.2 Å². The third-order valence-electron chi connectivity index (χ3n) is 7.28. The van der Waals surface area contributed by atoms with Crippen LogP contribution in [0.25, 0.3) is 0 Å². The number of hydrogen-bond acceptors (Lipinski definition) is 5. The number of hydrogen-bond donors (Lipinski definition) is 2. The first-order chi connectivity index (χ1) is 19.3. The molecule has 0 saturated heterocycles. The van der Waals surface area contributed by atoms with Crippen LogP contribution in [0.3, 0.4) is 0 Å². The number of nitrogens with zero attached hydrogens (tertiary/aromatic N) is 1. The van der Waals surface area contributed by atoms with Gasteiger partial charge in [0.1, 0.15) is 5.76 Å². The van der Waals surface area contributed by atoms with Crippen LogP contribution >= 0.6 is 22.6 Å². The van der Waals surface area contributed by atoms with Gasteiger partial charge < -0.3 is 5.11 Å². The van der Waals surface area contributed by atoms with Crippen molar-refractivity contribution in [1.82, 2.24) is 4.98 Å². The van der Waals surface area contributed by atoms with Crippen LogP contribution in [-0.2, 0) is 27.4 Å². The predicted molar refractivity (Wildman–Crippen MR) is 159 cm³/mol. The summed E-state index contributed by atoms with van der Waals surface area (Å²) in [6.07, 6.45) is -0.192. The van der Waals surface area contributed by atoms with Crippen LogP contribution in [-0.4, -0.2) is 24.3 Å². The number of pyridine rings is 1. The van der Waals surface area contributed by atoms with E-state index in [2.05, 4.69) is 51.4 Å². The number of carbonyl (C=O) groups is 1. The highest BCUT2D eigenvalue weighted by molar-refractivity contribution is 14.1. The molecular formula is C30H30F3IN2O4S. The minimum Gasteiger partial charge on any atom is -0.512 e. The van der Waals surface area contributed by atoms with Gasteiger partial charge in [0.15, 0.2) is 10.8 Å². The highest BCUT2D eigenvalue weighted by Gasteiger charge is 2.41. The van der Waals surface area contributed by atoms with Gasteiger partial charge in [0.25, 0.3) is 10.0 Å². The number of benzene rings is 2. The van der Waals surface area contributed by atoms with Crippen molar-refractivity contribution in [3.63, 3.8) is 0 Å². The zero-order chi connectivity index (χ0) is 29.8. The first kappa shape index (κ1) is 31.0. The van der Waals surface area contributed by atoms with Gasteiger partial charge in [-0.15, -0.1) is 0 Å². The van der Waals surface area contributed by atoms with E-state index in [-0.39, 0.29) is 22.6 Å². The molecule has 2 aromatic carbocycles. The second-order valence-corrected chi connectivity index (χ2v) is 13.2. The van der Waals surface area contributed by atoms with Crippen molar-refractivity contribution in [2.75, 3.05) is 4.72 Å². The summed E-state index contributed by atoms with van der Waals surface area (Å²) in [4.78, 5) is 17.0. The maximum atomic E-state index is 13.5. The zero-order valence-electron chi connectivity index (χ0n) is 22.3. The van der Waals surface area contributed by atoms with Crippen molar-refractivity contribution in [2.45, 2.75) is 60.6 Å². The molecule has 0 unspecified atom stereocenters. The Balaban J connectivity index is 1.53. The van der Waals surface area contributed by atoms with Crippen molar-refractivity contribution in [3.05, 3.63) is 101 Å². The largest absolute Gasteiger partial charge is 0.512 e. The van der Waals surface area contributed by atoms with Gasteiger partial charge in [0, 0.05) is 30.3 Å². The molecular weight excluding hydrogens is 668 g/mol. The molecule has 0 bridgehead atoms. The maximum absolute atomic E-state index is 13.5. The number of anilines is 1. The molecule has 2 atom stereocenters. The van der Waals surface area contributed by atoms with Gasteiger partial charge in [0.2, 0.25) is 0 Å². The van der Waals surface area contributed by atoms with E-state index in [1.54, 1.807) is 12.1 Å². The number of aryl methyl sites for hydroxylation is 1. The second kappa shape index (κ2) is 12.5. The number of ketones is 1. The van der Waals surface area contributed by atoms with Crippen LogP contribution in [0.2, 0.25) is 0 Å². The molecule has 2 N–H and O–H groups in total. The quantitative estimate of drug-likeness (QED) is 0.166. The number of Topliss-reactive ketones (excluding diaryl/α,β-unsaturated/α-hetero) is 1. The number of nitrogens with one attached hydrogen (secondary N) is 1. The van der Waals surface area contributed by atoms with Gasteiger partial charge >= 0.3 is 6.18 Å². The van der Waals surface area contributed by atoms with Crippen LogP contribution in [0, 0.1) is 5.41 Å². The fourth-order valence-electron chi connectivity index (χ4n) is 5.30. The van der Waals surface area contributed by atoms with Crippen molar-refractivity contribution >= 4 is 44.1 Å². The average molecular weight is 699 g/mol. The Bertz CT molecular complexity index is 1530. The lowest BCUT2D eigenvalue weighted by molar-refractivity contribution is -0.137. The Labute approximate surface area is 251 Å². The van der Waals surface area contributed by atoms with E-state index in [9.17, 15) is 31.5 Å². The molecule has 11 heteroatoms. The average Bonchev–Trinajstić information content (AvgIpc) is 2.92. The normalized spacial score (nSPS) is 18.8. The smallest absolute Gasteiger partial charge is 0.417 e. The minimum absolute atomic E-state index is 0.0575. The zero-order valence-corrected chi connectivity index (χ0v) is 25.3. The Kier molecular flexibility index (Phi) is 9.47. The van der Waals surface area contributed by atoms with Gasteiger partial charge in [-0.25, -0.2) is 4.98 Å². The number of allylic oxidation sites excluding steroid dienone is 2. The Morgan fingerprint density at radius 2 is 1.78 bits per heavy atom. The molecule has 1 aliphatic rings. The lowest BCUT2D eigenvalue weighted by atomic mass is 9.67. The highest BCUT2D eigenvalue weighted by Crippen LogP contribution is 2.48. The molecule has 0 amide bonds. The fraction of sp³-hybridized carbons (Fsp3) is 0.333. The standard InChI is InChI=1S/C30H30F3IN2O4S/c1-2-14-29(15-13-20-7-4-3-5-8-20)17-24(37)27(25(38)18-29)28(34)21-9-6-10-23(16-21)36-41(39,40)26-12-11-22(19-35-26)30(31,32)33/h3-12,16,19,28,36-37H,2,13-15,17-18H2,1H3/t28-,29+/m1/s1. The van der Waals surface area contributed by atoms with E-state index >= 15 is 0 Å². The second-order valence-electron chi connectivity index (χ2n) is 10.3. The van der Waals surface area contributed by atoms with Crippen LogP contribution in [0.1, 0.15) is 59.6 Å². The number of rotatable bonds is 10. The first-order valence-corrected chi connectivity index (χ1v) is 15.9. The number of aromatic nitrogens is 1. The summed E-state index contributed by atoms with van der Waals surface area (Å²) in [7, 11) is -4.27. The number of alkyl halides is 4. The number of sulfonamides is 1. The van der Waals surface area contributed by atoms with Crippen LogP contribution in [0.15, 0.2) is 89.3 Å². The van der Waals surface area contributed by atoms with E-state index < -0.39 is 30.7 Å². The molecule has 41 heavy (non-hydrogen) atoms. The summed E-state index contributed by atoms with van der Waals surface area (Å²) >= 11 is 2.06. The van der Waals surface area contributed by atoms with Crippen LogP contribution in [0.5, 0.6) is 0 Å². The number of carbonyl (C=O) groups excluding carboxylic acids is 1. The third-order valence-corrected chi connectivity index (χ3v) is 9.92. The summed E-state index contributed by atoms with van der Waals surface area (Å²) in [5.74, 6) is -0.0725. The SMILES string of the molecule is CCC[C@@]1(CCc2ccccc2)CC(=O)C([C@H](I)c2cccc(NS(=O)(=O)c3ccc(C(F)(F)F)cn3)c2)=C(O)C1. The molecule has 1 aliphatic carbocycles. The van der Waals surface area contributed by atoms with Gasteiger partial charge in [-0.1, -0.05) is 78.4 Å². The third kappa shape index (κ3) is 7.48. The van der Waals surface area contributed by atoms with Gasteiger partial charge in [-0.2, -0.15) is 21.6 Å². The van der Waals surface area contributed by atoms with Crippen LogP contribution in [0.4, 0.5) is 18.9 Å².